The van der Waals surface area contributed by atoms with Crippen molar-refractivity contribution >= 4 is 11.5 Å². The maximum absolute atomic E-state index is 12.7. The summed E-state index contributed by atoms with van der Waals surface area (Å²) in [6, 6.07) is 6.26. The van der Waals surface area contributed by atoms with E-state index in [0.29, 0.717) is 0 Å². The third-order valence-electron chi connectivity index (χ3n) is 2.95. The van der Waals surface area contributed by atoms with Gasteiger partial charge in [-0.2, -0.15) is 18.4 Å². The van der Waals surface area contributed by atoms with Crippen molar-refractivity contribution in [3.63, 3.8) is 0 Å². The van der Waals surface area contributed by atoms with Crippen molar-refractivity contribution in [3.8, 4) is 11.8 Å². The van der Waals surface area contributed by atoms with Crippen LogP contribution in [-0.4, -0.2) is 10.4 Å². The van der Waals surface area contributed by atoms with Crippen LogP contribution in [0.25, 0.3) is 5.69 Å². The molecule has 0 aliphatic rings. The molecule has 0 spiro atoms. The topological polar surface area (TPSA) is 71.8 Å². The number of Topliss-reactive ketones (excluding diaryl/α,β-unsaturated/α-hetero) is 1. The first kappa shape index (κ1) is 14.7. The van der Waals surface area contributed by atoms with Crippen LogP contribution in [0.2, 0.25) is 0 Å². The molecular weight excluding hydrogens is 283 g/mol. The highest BCUT2D eigenvalue weighted by molar-refractivity contribution is 5.99. The number of carbonyl (C=O) groups is 1. The van der Waals surface area contributed by atoms with Crippen LogP contribution in [0, 0.1) is 11.3 Å². The molecule has 0 radical (unpaired) electrons. The van der Waals surface area contributed by atoms with Crippen LogP contribution in [0.15, 0.2) is 30.5 Å². The van der Waals surface area contributed by atoms with Crippen molar-refractivity contribution in [1.82, 2.24) is 4.57 Å². The maximum Gasteiger partial charge on any atom is 0.416 e. The maximum atomic E-state index is 12.7. The van der Waals surface area contributed by atoms with Gasteiger partial charge in [0.1, 0.15) is 11.8 Å². The molecule has 108 valence electrons. The lowest BCUT2D eigenvalue weighted by Crippen LogP contribution is -2.09. The van der Waals surface area contributed by atoms with Gasteiger partial charge in [-0.3, -0.25) is 4.79 Å². The Labute approximate surface area is 118 Å². The average molecular weight is 293 g/mol. The van der Waals surface area contributed by atoms with Crippen molar-refractivity contribution in [2.75, 3.05) is 5.73 Å². The Morgan fingerprint density at radius 3 is 2.57 bits per heavy atom. The molecule has 2 N–H and O–H groups in total. The summed E-state index contributed by atoms with van der Waals surface area (Å²) in [5.74, 6) is -0.439. The third-order valence-corrected chi connectivity index (χ3v) is 2.95. The summed E-state index contributed by atoms with van der Waals surface area (Å²) in [5.41, 5.74) is 4.95. The number of anilines is 1. The van der Waals surface area contributed by atoms with E-state index in [2.05, 4.69) is 0 Å². The molecule has 0 saturated carbocycles. The predicted molar refractivity (Wildman–Crippen MR) is 69.9 cm³/mol. The van der Waals surface area contributed by atoms with Crippen molar-refractivity contribution in [3.05, 3.63) is 47.3 Å². The van der Waals surface area contributed by atoms with Crippen LogP contribution in [-0.2, 0) is 6.18 Å². The van der Waals surface area contributed by atoms with E-state index in [1.807, 2.05) is 0 Å². The van der Waals surface area contributed by atoms with Crippen molar-refractivity contribution < 1.29 is 18.0 Å². The summed E-state index contributed by atoms with van der Waals surface area (Å²) in [5, 5.41) is 8.93. The Kier molecular flexibility index (Phi) is 3.47. The molecule has 1 heterocycles. The molecule has 0 aliphatic heterocycles. The summed E-state index contributed by atoms with van der Waals surface area (Å²) in [4.78, 5) is 11.6. The monoisotopic (exact) mass is 293 g/mol. The highest BCUT2D eigenvalue weighted by Crippen LogP contribution is 2.31. The molecule has 0 fully saturated rings. The highest BCUT2D eigenvalue weighted by Gasteiger charge is 2.31. The molecule has 0 aliphatic carbocycles. The second-order valence-corrected chi connectivity index (χ2v) is 4.39. The molecule has 0 unspecified atom stereocenters. The fraction of sp³-hybridized carbons (Fsp3) is 0.143. The summed E-state index contributed by atoms with van der Waals surface area (Å²) in [7, 11) is 0. The summed E-state index contributed by atoms with van der Waals surface area (Å²) < 4.78 is 39.4. The minimum Gasteiger partial charge on any atom is -0.396 e. The molecule has 1 aromatic heterocycles. The fourth-order valence-corrected chi connectivity index (χ4v) is 2.00. The lowest BCUT2D eigenvalue weighted by atomic mass is 10.2. The molecular formula is C14H10F3N3O. The Hall–Kier alpha value is -2.75. The van der Waals surface area contributed by atoms with E-state index in [1.165, 1.54) is 29.8 Å². The average Bonchev–Trinajstić information content (AvgIpc) is 2.75. The van der Waals surface area contributed by atoms with E-state index >= 15 is 0 Å². The lowest BCUT2D eigenvalue weighted by molar-refractivity contribution is -0.137. The number of ketones is 1. The van der Waals surface area contributed by atoms with Gasteiger partial charge in [0.15, 0.2) is 5.78 Å². The third kappa shape index (κ3) is 2.60. The molecule has 4 nitrogen and oxygen atoms in total. The predicted octanol–water partition coefficient (Wildman–Crippen LogP) is 3.15. The largest absolute Gasteiger partial charge is 0.416 e. The SMILES string of the molecule is CC(=O)c1c(N)c(C#N)cn1-c1cccc(C(F)(F)F)c1. The zero-order valence-corrected chi connectivity index (χ0v) is 10.9. The van der Waals surface area contributed by atoms with Gasteiger partial charge in [0.05, 0.1) is 16.8 Å². The van der Waals surface area contributed by atoms with Gasteiger partial charge >= 0.3 is 6.18 Å². The number of nitriles is 1. The minimum absolute atomic E-state index is 0.00845. The van der Waals surface area contributed by atoms with E-state index in [0.717, 1.165) is 12.1 Å². The van der Waals surface area contributed by atoms with Crippen molar-refractivity contribution in [2.24, 2.45) is 0 Å². The lowest BCUT2D eigenvalue weighted by Gasteiger charge is -2.11. The number of benzene rings is 1. The van der Waals surface area contributed by atoms with Gasteiger partial charge in [-0.1, -0.05) is 6.07 Å². The highest BCUT2D eigenvalue weighted by atomic mass is 19.4. The number of nitrogens with two attached hydrogens (primary N) is 1. The summed E-state index contributed by atoms with van der Waals surface area (Å²) >= 11 is 0. The summed E-state index contributed by atoms with van der Waals surface area (Å²) in [6.07, 6.45) is -3.25. The van der Waals surface area contributed by atoms with Crippen LogP contribution < -0.4 is 5.73 Å². The number of hydrogen-bond donors (Lipinski definition) is 1. The first-order valence-corrected chi connectivity index (χ1v) is 5.85. The number of nitrogen functional groups attached to an aromatic ring is 1. The quantitative estimate of drug-likeness (QED) is 0.864. The molecule has 0 saturated heterocycles. The van der Waals surface area contributed by atoms with E-state index in [4.69, 9.17) is 11.0 Å². The van der Waals surface area contributed by atoms with Crippen LogP contribution in [0.1, 0.15) is 28.5 Å². The Balaban J connectivity index is 2.68. The zero-order valence-electron chi connectivity index (χ0n) is 10.9. The first-order chi connectivity index (χ1) is 9.75. The van der Waals surface area contributed by atoms with E-state index < -0.39 is 17.5 Å². The van der Waals surface area contributed by atoms with Gasteiger partial charge in [-0.15, -0.1) is 0 Å². The molecule has 2 aromatic rings. The molecule has 0 amide bonds. The summed E-state index contributed by atoms with van der Waals surface area (Å²) in [6.45, 7) is 1.23. The van der Waals surface area contributed by atoms with Crippen LogP contribution in [0.5, 0.6) is 0 Å². The smallest absolute Gasteiger partial charge is 0.396 e. The number of hydrogen-bond acceptors (Lipinski definition) is 3. The standard InChI is InChI=1S/C14H10F3N3O/c1-8(21)13-12(19)9(6-18)7-20(13)11-4-2-3-10(5-11)14(15,16)17/h2-5,7H,19H2,1H3. The number of nitrogens with zero attached hydrogens (tertiary/aromatic N) is 2. The molecule has 2 rings (SSSR count). The van der Waals surface area contributed by atoms with Gasteiger partial charge < -0.3 is 10.3 Å². The number of aromatic nitrogens is 1. The Morgan fingerprint density at radius 2 is 2.05 bits per heavy atom. The molecule has 0 atom stereocenters. The van der Waals surface area contributed by atoms with Gasteiger partial charge in [-0.05, 0) is 18.2 Å². The van der Waals surface area contributed by atoms with Gasteiger partial charge in [0.2, 0.25) is 0 Å². The molecule has 0 bridgehead atoms. The van der Waals surface area contributed by atoms with Gasteiger partial charge in [-0.25, -0.2) is 0 Å². The molecule has 7 heteroatoms. The number of rotatable bonds is 2. The second kappa shape index (κ2) is 4.98. The van der Waals surface area contributed by atoms with Crippen LogP contribution in [0.3, 0.4) is 0 Å². The normalized spacial score (nSPS) is 11.2. The van der Waals surface area contributed by atoms with Crippen LogP contribution >= 0.6 is 0 Å². The van der Waals surface area contributed by atoms with Gasteiger partial charge in [0.25, 0.3) is 0 Å². The van der Waals surface area contributed by atoms with E-state index in [-0.39, 0.29) is 22.6 Å². The zero-order chi connectivity index (χ0) is 15.8. The number of carbonyl (C=O) groups excluding carboxylic acids is 1. The van der Waals surface area contributed by atoms with Crippen molar-refractivity contribution in [2.45, 2.75) is 13.1 Å². The minimum atomic E-state index is -4.50. The number of halogens is 3. The van der Waals surface area contributed by atoms with E-state index in [1.54, 1.807) is 6.07 Å². The Morgan fingerprint density at radius 1 is 1.38 bits per heavy atom. The fourth-order valence-electron chi connectivity index (χ4n) is 2.00. The van der Waals surface area contributed by atoms with Crippen molar-refractivity contribution in [1.29, 1.82) is 5.26 Å². The second-order valence-electron chi connectivity index (χ2n) is 4.39. The van der Waals surface area contributed by atoms with Gasteiger partial charge in [0, 0.05) is 18.8 Å². The molecule has 21 heavy (non-hydrogen) atoms. The van der Waals surface area contributed by atoms with Crippen LogP contribution in [0.4, 0.5) is 18.9 Å². The van der Waals surface area contributed by atoms with E-state index in [9.17, 15) is 18.0 Å². The molecule has 1 aromatic carbocycles. The Bertz CT molecular complexity index is 754. The first-order valence-electron chi connectivity index (χ1n) is 5.85. The number of alkyl halides is 3.